The van der Waals surface area contributed by atoms with Gasteiger partial charge in [-0.2, -0.15) is 0 Å². The van der Waals surface area contributed by atoms with Crippen LogP contribution in [0.5, 0.6) is 0 Å². The Bertz CT molecular complexity index is 300. The summed E-state index contributed by atoms with van der Waals surface area (Å²) in [7, 11) is 2.16. The van der Waals surface area contributed by atoms with Gasteiger partial charge in [0.2, 0.25) is 0 Å². The number of hydrogen-bond donors (Lipinski definition) is 0. The van der Waals surface area contributed by atoms with Gasteiger partial charge in [-0.3, -0.25) is 0 Å². The number of hydrogen-bond acceptors (Lipinski definition) is 2. The SMILES string of the molecule is CCCCCCCCCCCCCCCCCN1C=CN(C)C1C. The third kappa shape index (κ3) is 10.3. The topological polar surface area (TPSA) is 6.48 Å². The van der Waals surface area contributed by atoms with Crippen molar-refractivity contribution >= 4 is 0 Å². The third-order valence-corrected chi connectivity index (χ3v) is 5.58. The second-order valence-electron chi connectivity index (χ2n) is 7.78. The standard InChI is InChI=1S/C22H44N2/c1-4-5-6-7-8-9-10-11-12-13-14-15-16-17-18-19-24-21-20-23(3)22(24)2/h20-22H,4-19H2,1-3H3. The molecule has 0 spiro atoms. The Morgan fingerprint density at radius 2 is 1.04 bits per heavy atom. The smallest absolute Gasteiger partial charge is 0.0974 e. The van der Waals surface area contributed by atoms with E-state index < -0.39 is 0 Å². The lowest BCUT2D eigenvalue weighted by Crippen LogP contribution is -2.34. The van der Waals surface area contributed by atoms with Gasteiger partial charge in [-0.1, -0.05) is 96.8 Å². The second-order valence-corrected chi connectivity index (χ2v) is 7.78. The van der Waals surface area contributed by atoms with Gasteiger partial charge in [0.05, 0.1) is 6.17 Å². The van der Waals surface area contributed by atoms with Crippen LogP contribution in [0.1, 0.15) is 110 Å². The Balaban J connectivity index is 1.73. The minimum Gasteiger partial charge on any atom is -0.359 e. The second kappa shape index (κ2) is 14.7. The first-order chi connectivity index (χ1) is 11.8. The fraction of sp³-hybridized carbons (Fsp3) is 0.909. The van der Waals surface area contributed by atoms with E-state index in [0.29, 0.717) is 6.17 Å². The van der Waals surface area contributed by atoms with Gasteiger partial charge in [-0.05, 0) is 13.3 Å². The molecule has 0 saturated carbocycles. The highest BCUT2D eigenvalue weighted by Gasteiger charge is 2.17. The van der Waals surface area contributed by atoms with Gasteiger partial charge in [0.15, 0.2) is 0 Å². The summed E-state index contributed by atoms with van der Waals surface area (Å²) in [6.45, 7) is 5.80. The first kappa shape index (κ1) is 21.4. The molecule has 2 heteroatoms. The summed E-state index contributed by atoms with van der Waals surface area (Å²) in [6, 6.07) is 0. The minimum atomic E-state index is 0.552. The zero-order valence-electron chi connectivity index (χ0n) is 16.9. The Hall–Kier alpha value is -0.660. The third-order valence-electron chi connectivity index (χ3n) is 5.58. The molecule has 1 aliphatic heterocycles. The van der Waals surface area contributed by atoms with Crippen molar-refractivity contribution in [1.29, 1.82) is 0 Å². The Morgan fingerprint density at radius 1 is 0.625 bits per heavy atom. The van der Waals surface area contributed by atoms with E-state index in [1.807, 2.05) is 0 Å². The van der Waals surface area contributed by atoms with Crippen LogP contribution >= 0.6 is 0 Å². The van der Waals surface area contributed by atoms with Crippen molar-refractivity contribution < 1.29 is 0 Å². The summed E-state index contributed by atoms with van der Waals surface area (Å²) in [5.41, 5.74) is 0. The highest BCUT2D eigenvalue weighted by atomic mass is 15.4. The van der Waals surface area contributed by atoms with Crippen LogP contribution < -0.4 is 0 Å². The normalized spacial score (nSPS) is 17.2. The molecule has 0 fully saturated rings. The average Bonchev–Trinajstić information content (AvgIpc) is 2.90. The van der Waals surface area contributed by atoms with Gasteiger partial charge in [0.1, 0.15) is 0 Å². The molecule has 1 unspecified atom stereocenters. The predicted octanol–water partition coefficient (Wildman–Crippen LogP) is 6.92. The summed E-state index contributed by atoms with van der Waals surface area (Å²) in [6.07, 6.45) is 26.6. The van der Waals surface area contributed by atoms with E-state index in [1.165, 1.54) is 103 Å². The van der Waals surface area contributed by atoms with Gasteiger partial charge in [0, 0.05) is 26.0 Å². The lowest BCUT2D eigenvalue weighted by molar-refractivity contribution is 0.192. The molecule has 0 N–H and O–H groups in total. The maximum absolute atomic E-state index is 2.46. The van der Waals surface area contributed by atoms with Crippen molar-refractivity contribution in [3.8, 4) is 0 Å². The Morgan fingerprint density at radius 3 is 1.42 bits per heavy atom. The molecule has 1 atom stereocenters. The molecule has 0 aromatic carbocycles. The fourth-order valence-electron chi connectivity index (χ4n) is 3.60. The van der Waals surface area contributed by atoms with Crippen LogP contribution in [0.2, 0.25) is 0 Å². The van der Waals surface area contributed by atoms with E-state index in [0.717, 1.165) is 0 Å². The summed E-state index contributed by atoms with van der Waals surface area (Å²) >= 11 is 0. The van der Waals surface area contributed by atoms with Crippen molar-refractivity contribution in [3.63, 3.8) is 0 Å². The van der Waals surface area contributed by atoms with Crippen molar-refractivity contribution in [2.24, 2.45) is 0 Å². The first-order valence-corrected chi connectivity index (χ1v) is 10.9. The van der Waals surface area contributed by atoms with Gasteiger partial charge in [-0.15, -0.1) is 0 Å². The van der Waals surface area contributed by atoms with Gasteiger partial charge in [0.25, 0.3) is 0 Å². The molecule has 0 saturated heterocycles. The van der Waals surface area contributed by atoms with Crippen LogP contribution in [-0.4, -0.2) is 29.6 Å². The molecule has 24 heavy (non-hydrogen) atoms. The summed E-state index contributed by atoms with van der Waals surface area (Å²) < 4.78 is 0. The molecule has 0 amide bonds. The number of nitrogens with zero attached hydrogens (tertiary/aromatic N) is 2. The van der Waals surface area contributed by atoms with Crippen LogP contribution in [0.25, 0.3) is 0 Å². The number of rotatable bonds is 16. The molecule has 2 nitrogen and oxygen atoms in total. The highest BCUT2D eigenvalue weighted by Crippen LogP contribution is 2.16. The molecule has 142 valence electrons. The van der Waals surface area contributed by atoms with E-state index in [1.54, 1.807) is 0 Å². The summed E-state index contributed by atoms with van der Waals surface area (Å²) in [4.78, 5) is 4.74. The lowest BCUT2D eigenvalue weighted by atomic mass is 10.0. The zero-order chi connectivity index (χ0) is 17.5. The van der Waals surface area contributed by atoms with E-state index >= 15 is 0 Å². The summed E-state index contributed by atoms with van der Waals surface area (Å²) in [5.74, 6) is 0. The fourth-order valence-corrected chi connectivity index (χ4v) is 3.60. The van der Waals surface area contributed by atoms with Crippen molar-refractivity contribution in [3.05, 3.63) is 12.4 Å². The largest absolute Gasteiger partial charge is 0.359 e. The van der Waals surface area contributed by atoms with Crippen molar-refractivity contribution in [2.75, 3.05) is 13.6 Å². The minimum absolute atomic E-state index is 0.552. The monoisotopic (exact) mass is 336 g/mol. The van der Waals surface area contributed by atoms with Crippen LogP contribution in [0.15, 0.2) is 12.4 Å². The summed E-state index contributed by atoms with van der Waals surface area (Å²) in [5, 5.41) is 0. The Labute approximate surface area is 152 Å². The predicted molar refractivity (Wildman–Crippen MR) is 108 cm³/mol. The zero-order valence-corrected chi connectivity index (χ0v) is 16.9. The molecular weight excluding hydrogens is 292 g/mol. The van der Waals surface area contributed by atoms with Gasteiger partial charge < -0.3 is 9.80 Å². The quantitative estimate of drug-likeness (QED) is 0.282. The molecule has 0 radical (unpaired) electrons. The molecule has 1 heterocycles. The molecule has 1 aliphatic rings. The van der Waals surface area contributed by atoms with Crippen LogP contribution in [0.3, 0.4) is 0 Å². The molecule has 0 aromatic rings. The van der Waals surface area contributed by atoms with E-state index in [2.05, 4.69) is 43.1 Å². The Kier molecular flexibility index (Phi) is 13.1. The molecule has 1 rings (SSSR count). The van der Waals surface area contributed by atoms with E-state index in [-0.39, 0.29) is 0 Å². The highest BCUT2D eigenvalue weighted by molar-refractivity contribution is 4.93. The van der Waals surface area contributed by atoms with Crippen LogP contribution in [0, 0.1) is 0 Å². The number of unbranched alkanes of at least 4 members (excludes halogenated alkanes) is 14. The average molecular weight is 337 g/mol. The van der Waals surface area contributed by atoms with Crippen LogP contribution in [0.4, 0.5) is 0 Å². The molecule has 0 aromatic heterocycles. The van der Waals surface area contributed by atoms with E-state index in [9.17, 15) is 0 Å². The maximum atomic E-state index is 2.46. The van der Waals surface area contributed by atoms with Crippen molar-refractivity contribution in [2.45, 2.75) is 116 Å². The van der Waals surface area contributed by atoms with Gasteiger partial charge in [-0.25, -0.2) is 0 Å². The molecular formula is C22H44N2. The lowest BCUT2D eigenvalue weighted by Gasteiger charge is -2.26. The molecule has 0 bridgehead atoms. The maximum Gasteiger partial charge on any atom is 0.0974 e. The van der Waals surface area contributed by atoms with E-state index in [4.69, 9.17) is 0 Å². The molecule has 0 aliphatic carbocycles. The van der Waals surface area contributed by atoms with Crippen LogP contribution in [-0.2, 0) is 0 Å². The van der Waals surface area contributed by atoms with Gasteiger partial charge >= 0.3 is 0 Å². The first-order valence-electron chi connectivity index (χ1n) is 10.9. The van der Waals surface area contributed by atoms with Crippen molar-refractivity contribution in [1.82, 2.24) is 9.80 Å².